The normalized spacial score (nSPS) is 11.0. The Balaban J connectivity index is 4.25. The molecule has 0 rings (SSSR count). The second-order valence-electron chi connectivity index (χ2n) is 1.56. The van der Waals surface area contributed by atoms with Gasteiger partial charge in [0.1, 0.15) is 6.29 Å². The van der Waals surface area contributed by atoms with Crippen LogP contribution in [-0.2, 0) is 4.79 Å². The molecule has 0 radical (unpaired) electrons. The maximum Gasteiger partial charge on any atom is 0.144 e. The minimum Gasteiger partial charge on any atom is -0.299 e. The number of carbonyl (C=O) groups excluding carboxylic acids is 1. The van der Waals surface area contributed by atoms with E-state index in [2.05, 4.69) is 0 Å². The molecule has 0 aliphatic carbocycles. The average molecular weight is 209 g/mol. The lowest BCUT2D eigenvalue weighted by molar-refractivity contribution is -0.104. The number of hydrogen-bond acceptors (Lipinski definition) is 3. The molecule has 0 spiro atoms. The zero-order chi connectivity index (χ0) is 8.69. The van der Waals surface area contributed by atoms with Gasteiger partial charge in [-0.25, -0.2) is 0 Å². The van der Waals surface area contributed by atoms with E-state index in [-0.39, 0.29) is 0 Å². The minimum absolute atomic E-state index is 0.471. The highest BCUT2D eigenvalue weighted by Gasteiger charge is 1.92. The SMILES string of the molecule is CSC(=C/C(Cl)=C\C=O)SC. The molecule has 11 heavy (non-hydrogen) atoms. The van der Waals surface area contributed by atoms with Crippen molar-refractivity contribution in [3.63, 3.8) is 0 Å². The van der Waals surface area contributed by atoms with Crippen LogP contribution in [0.1, 0.15) is 0 Å². The summed E-state index contributed by atoms with van der Waals surface area (Å²) in [4.78, 5) is 9.97. The zero-order valence-corrected chi connectivity index (χ0v) is 8.72. The molecular formula is C7H9ClOS2. The largest absolute Gasteiger partial charge is 0.299 e. The molecule has 4 heteroatoms. The van der Waals surface area contributed by atoms with Crippen molar-refractivity contribution >= 4 is 41.4 Å². The molecule has 0 aromatic rings. The van der Waals surface area contributed by atoms with Gasteiger partial charge in [-0.1, -0.05) is 11.6 Å². The van der Waals surface area contributed by atoms with E-state index in [1.165, 1.54) is 6.08 Å². The molecule has 0 amide bonds. The van der Waals surface area contributed by atoms with E-state index in [0.29, 0.717) is 11.3 Å². The molecule has 0 aliphatic rings. The van der Waals surface area contributed by atoms with Crippen LogP contribution in [0.3, 0.4) is 0 Å². The predicted molar refractivity (Wildman–Crippen MR) is 55.1 cm³/mol. The van der Waals surface area contributed by atoms with Crippen LogP contribution in [0, 0.1) is 0 Å². The Morgan fingerprint density at radius 2 is 1.91 bits per heavy atom. The maximum absolute atomic E-state index is 9.97. The molecule has 0 aliphatic heterocycles. The summed E-state index contributed by atoms with van der Waals surface area (Å²) in [5, 5.41) is 0.471. The molecule has 0 fully saturated rings. The first-order chi connectivity index (χ1) is 5.24. The summed E-state index contributed by atoms with van der Waals surface area (Å²) in [6, 6.07) is 0. The van der Waals surface area contributed by atoms with E-state index in [1.807, 2.05) is 12.5 Å². The van der Waals surface area contributed by atoms with E-state index < -0.39 is 0 Å². The van der Waals surface area contributed by atoms with Crippen LogP contribution < -0.4 is 0 Å². The van der Waals surface area contributed by atoms with Crippen molar-refractivity contribution in [3.05, 3.63) is 21.4 Å². The lowest BCUT2D eigenvalue weighted by Gasteiger charge is -1.96. The van der Waals surface area contributed by atoms with E-state index in [0.717, 1.165) is 4.24 Å². The van der Waals surface area contributed by atoms with Crippen molar-refractivity contribution in [3.8, 4) is 0 Å². The monoisotopic (exact) mass is 208 g/mol. The molecule has 1 nitrogen and oxygen atoms in total. The molecule has 0 heterocycles. The number of halogens is 1. The number of carbonyl (C=O) groups is 1. The molecule has 0 aromatic carbocycles. The van der Waals surface area contributed by atoms with Crippen molar-refractivity contribution in [1.29, 1.82) is 0 Å². The highest BCUT2D eigenvalue weighted by Crippen LogP contribution is 2.25. The van der Waals surface area contributed by atoms with Gasteiger partial charge in [-0.2, -0.15) is 0 Å². The molecule has 0 unspecified atom stereocenters. The van der Waals surface area contributed by atoms with Crippen LogP contribution in [0.25, 0.3) is 0 Å². The van der Waals surface area contributed by atoms with Gasteiger partial charge in [-0.15, -0.1) is 23.5 Å². The van der Waals surface area contributed by atoms with E-state index in [4.69, 9.17) is 11.6 Å². The second kappa shape index (κ2) is 6.83. The fourth-order valence-corrected chi connectivity index (χ4v) is 1.87. The van der Waals surface area contributed by atoms with Crippen LogP contribution in [0.5, 0.6) is 0 Å². The van der Waals surface area contributed by atoms with Crippen molar-refractivity contribution in [1.82, 2.24) is 0 Å². The van der Waals surface area contributed by atoms with Crippen LogP contribution in [-0.4, -0.2) is 18.8 Å². The Kier molecular flexibility index (Phi) is 6.91. The minimum atomic E-state index is 0.471. The van der Waals surface area contributed by atoms with Crippen LogP contribution in [0.4, 0.5) is 0 Å². The Labute approximate surface area is 80.3 Å². The maximum atomic E-state index is 9.97. The van der Waals surface area contributed by atoms with Gasteiger partial charge in [-0.3, -0.25) is 4.79 Å². The van der Waals surface area contributed by atoms with Crippen LogP contribution >= 0.6 is 35.1 Å². The number of allylic oxidation sites excluding steroid dienone is 3. The second-order valence-corrected chi connectivity index (χ2v) is 3.95. The van der Waals surface area contributed by atoms with E-state index >= 15 is 0 Å². The van der Waals surface area contributed by atoms with Crippen LogP contribution in [0.2, 0.25) is 0 Å². The van der Waals surface area contributed by atoms with Crippen molar-refractivity contribution in [2.75, 3.05) is 12.5 Å². The topological polar surface area (TPSA) is 17.1 Å². The van der Waals surface area contributed by atoms with E-state index in [9.17, 15) is 4.79 Å². The zero-order valence-electron chi connectivity index (χ0n) is 6.33. The van der Waals surface area contributed by atoms with Gasteiger partial charge < -0.3 is 0 Å². The van der Waals surface area contributed by atoms with Gasteiger partial charge in [0.05, 0.1) is 0 Å². The predicted octanol–water partition coefficient (Wildman–Crippen LogP) is 2.88. The first-order valence-corrected chi connectivity index (χ1v) is 5.68. The van der Waals surface area contributed by atoms with Crippen LogP contribution in [0.15, 0.2) is 21.4 Å². The lowest BCUT2D eigenvalue weighted by Crippen LogP contribution is -1.70. The molecular weight excluding hydrogens is 200 g/mol. The van der Waals surface area contributed by atoms with Crippen molar-refractivity contribution in [2.45, 2.75) is 0 Å². The quantitative estimate of drug-likeness (QED) is 0.402. The fourth-order valence-electron chi connectivity index (χ4n) is 0.427. The third kappa shape index (κ3) is 5.41. The van der Waals surface area contributed by atoms with Crippen molar-refractivity contribution in [2.24, 2.45) is 0 Å². The molecule has 0 aromatic heterocycles. The van der Waals surface area contributed by atoms with Gasteiger partial charge in [0, 0.05) is 9.27 Å². The molecule has 62 valence electrons. The van der Waals surface area contributed by atoms with E-state index in [1.54, 1.807) is 29.6 Å². The lowest BCUT2D eigenvalue weighted by atomic mass is 10.5. The Hall–Kier alpha value is 0.140. The summed E-state index contributed by atoms with van der Waals surface area (Å²) in [5.74, 6) is 0. The molecule has 0 bridgehead atoms. The molecule has 0 N–H and O–H groups in total. The summed E-state index contributed by atoms with van der Waals surface area (Å²) in [6.07, 6.45) is 7.71. The van der Waals surface area contributed by atoms with Gasteiger partial charge >= 0.3 is 0 Å². The highest BCUT2D eigenvalue weighted by atomic mass is 35.5. The highest BCUT2D eigenvalue weighted by molar-refractivity contribution is 8.21. The number of thioether (sulfide) groups is 2. The number of aldehydes is 1. The van der Waals surface area contributed by atoms with Crippen molar-refractivity contribution < 1.29 is 4.79 Å². The third-order valence-electron chi connectivity index (χ3n) is 0.885. The fraction of sp³-hybridized carbons (Fsp3) is 0.286. The Morgan fingerprint density at radius 3 is 2.27 bits per heavy atom. The van der Waals surface area contributed by atoms with Gasteiger partial charge in [0.2, 0.25) is 0 Å². The van der Waals surface area contributed by atoms with Gasteiger partial charge in [0.25, 0.3) is 0 Å². The molecule has 0 saturated heterocycles. The Bertz CT molecular complexity index is 181. The standard InChI is InChI=1S/C7H9ClOS2/c1-10-7(11-2)5-6(8)3-4-9/h3-5H,1-2H3/b6-3+. The average Bonchev–Trinajstić information content (AvgIpc) is 2.01. The first kappa shape index (κ1) is 11.1. The molecule has 0 saturated carbocycles. The van der Waals surface area contributed by atoms with Gasteiger partial charge in [-0.05, 0) is 24.7 Å². The molecule has 0 atom stereocenters. The Morgan fingerprint density at radius 1 is 1.36 bits per heavy atom. The third-order valence-corrected chi connectivity index (χ3v) is 3.16. The summed E-state index contributed by atoms with van der Waals surface area (Å²) >= 11 is 8.87. The first-order valence-electron chi connectivity index (χ1n) is 2.85. The summed E-state index contributed by atoms with van der Waals surface area (Å²) < 4.78 is 1.09. The number of rotatable bonds is 4. The van der Waals surface area contributed by atoms with Gasteiger partial charge in [0.15, 0.2) is 0 Å². The number of hydrogen-bond donors (Lipinski definition) is 0. The summed E-state index contributed by atoms with van der Waals surface area (Å²) in [7, 11) is 0. The summed E-state index contributed by atoms with van der Waals surface area (Å²) in [5.41, 5.74) is 0. The summed E-state index contributed by atoms with van der Waals surface area (Å²) in [6.45, 7) is 0. The smallest absolute Gasteiger partial charge is 0.144 e.